The molecule has 4 aromatic rings. The van der Waals surface area contributed by atoms with Crippen molar-refractivity contribution in [2.24, 2.45) is 11.7 Å². The molecular formula is C36H42N4O3S. The molecular weight excluding hydrogens is 568 g/mol. The lowest BCUT2D eigenvalue weighted by molar-refractivity contribution is 0.0722. The summed E-state index contributed by atoms with van der Waals surface area (Å²) in [6.45, 7) is 11.9. The molecule has 0 bridgehead atoms. The third kappa shape index (κ3) is 6.13. The highest BCUT2D eigenvalue weighted by Gasteiger charge is 2.29. The first kappa shape index (κ1) is 31.4. The van der Waals surface area contributed by atoms with Crippen LogP contribution in [0.5, 0.6) is 0 Å². The number of benzene rings is 2. The zero-order valence-corrected chi connectivity index (χ0v) is 27.2. The number of thiazole rings is 1. The number of nitrogens with two attached hydrogens (primary N) is 1. The van der Waals surface area contributed by atoms with Gasteiger partial charge in [0.15, 0.2) is 0 Å². The highest BCUT2D eigenvalue weighted by atomic mass is 32.1. The Kier molecular flexibility index (Phi) is 9.49. The van der Waals surface area contributed by atoms with E-state index in [-0.39, 0.29) is 17.4 Å². The van der Waals surface area contributed by atoms with Gasteiger partial charge in [0.1, 0.15) is 5.01 Å². The van der Waals surface area contributed by atoms with Gasteiger partial charge < -0.3 is 10.6 Å². The lowest BCUT2D eigenvalue weighted by Crippen LogP contribution is -2.38. The first-order valence-corrected chi connectivity index (χ1v) is 16.5. The lowest BCUT2D eigenvalue weighted by atomic mass is 9.96. The lowest BCUT2D eigenvalue weighted by Gasteiger charge is -2.29. The number of hydrogen-bond donors (Lipinski definition) is 1. The first-order valence-electron chi connectivity index (χ1n) is 15.7. The number of likely N-dealkylation sites (tertiary alicyclic amines) is 1. The number of para-hydroxylation sites is 1. The Labute approximate surface area is 263 Å². The summed E-state index contributed by atoms with van der Waals surface area (Å²) in [6.07, 6.45) is 5.22. The highest BCUT2D eigenvalue weighted by Crippen LogP contribution is 2.35. The second kappa shape index (κ2) is 13.3. The Morgan fingerprint density at radius 1 is 0.977 bits per heavy atom. The molecule has 8 heteroatoms. The molecule has 7 nitrogen and oxygen atoms in total. The van der Waals surface area contributed by atoms with Gasteiger partial charge in [-0.15, -0.1) is 11.3 Å². The summed E-state index contributed by atoms with van der Waals surface area (Å²) in [5, 5.41) is 0.575. The van der Waals surface area contributed by atoms with Crippen molar-refractivity contribution in [2.45, 2.75) is 73.1 Å². The van der Waals surface area contributed by atoms with Gasteiger partial charge in [-0.25, -0.2) is 4.98 Å². The van der Waals surface area contributed by atoms with E-state index in [1.807, 2.05) is 34.6 Å². The number of piperidine rings is 1. The Hall–Kier alpha value is -4.04. The fraction of sp³-hybridized carbons (Fsp3) is 0.389. The number of primary amides is 1. The Morgan fingerprint density at radius 2 is 1.61 bits per heavy atom. The largest absolute Gasteiger partial charge is 0.366 e. The van der Waals surface area contributed by atoms with Crippen molar-refractivity contribution < 1.29 is 9.59 Å². The quantitative estimate of drug-likeness (QED) is 0.221. The second-order valence-corrected chi connectivity index (χ2v) is 13.2. The molecule has 230 valence electrons. The molecule has 3 heterocycles. The van der Waals surface area contributed by atoms with Crippen molar-refractivity contribution in [1.82, 2.24) is 14.5 Å². The number of pyridine rings is 1. The van der Waals surface area contributed by atoms with Gasteiger partial charge in [-0.2, -0.15) is 0 Å². The average Bonchev–Trinajstić information content (AvgIpc) is 3.41. The summed E-state index contributed by atoms with van der Waals surface area (Å²) in [7, 11) is 0. The second-order valence-electron chi connectivity index (χ2n) is 12.0. The van der Waals surface area contributed by atoms with E-state index in [1.165, 1.54) is 11.3 Å². The van der Waals surface area contributed by atoms with Crippen molar-refractivity contribution in [3.8, 4) is 27.5 Å². The molecule has 5 rings (SSSR count). The Bertz CT molecular complexity index is 1720. The maximum absolute atomic E-state index is 14.8. The molecule has 44 heavy (non-hydrogen) atoms. The number of carbonyl (C=O) groups is 2. The summed E-state index contributed by atoms with van der Waals surface area (Å²) in [4.78, 5) is 48.6. The number of aryl methyl sites for hydroxylation is 3. The molecule has 1 aliphatic rings. The molecule has 1 aliphatic heterocycles. The summed E-state index contributed by atoms with van der Waals surface area (Å²) in [5.41, 5.74) is 12.1. The van der Waals surface area contributed by atoms with Crippen molar-refractivity contribution in [3.63, 3.8) is 0 Å². The van der Waals surface area contributed by atoms with E-state index in [0.29, 0.717) is 28.1 Å². The Balaban J connectivity index is 1.80. The van der Waals surface area contributed by atoms with Crippen LogP contribution in [0.2, 0.25) is 0 Å². The molecule has 0 spiro atoms. The summed E-state index contributed by atoms with van der Waals surface area (Å²) in [6, 6.07) is 15.1. The van der Waals surface area contributed by atoms with Crippen LogP contribution in [0.3, 0.4) is 0 Å². The average molecular weight is 611 g/mol. The van der Waals surface area contributed by atoms with Crippen molar-refractivity contribution in [3.05, 3.63) is 91.7 Å². The minimum Gasteiger partial charge on any atom is -0.366 e. The van der Waals surface area contributed by atoms with Gasteiger partial charge in [0.05, 0.1) is 22.5 Å². The molecule has 2 N–H and O–H groups in total. The third-order valence-electron chi connectivity index (χ3n) is 8.44. The maximum atomic E-state index is 14.8. The fourth-order valence-electron chi connectivity index (χ4n) is 6.16. The monoisotopic (exact) mass is 610 g/mol. The molecule has 0 atom stereocenters. The van der Waals surface area contributed by atoms with Crippen LogP contribution in [0.25, 0.3) is 27.5 Å². The molecule has 0 saturated carbocycles. The van der Waals surface area contributed by atoms with Gasteiger partial charge >= 0.3 is 0 Å². The van der Waals surface area contributed by atoms with E-state index >= 15 is 0 Å². The molecule has 0 radical (unpaired) electrons. The smallest absolute Gasteiger partial charge is 0.265 e. The fourth-order valence-corrected chi connectivity index (χ4v) is 7.10. The number of amides is 2. The van der Waals surface area contributed by atoms with E-state index in [9.17, 15) is 14.4 Å². The van der Waals surface area contributed by atoms with Crippen LogP contribution in [0, 0.1) is 12.8 Å². The summed E-state index contributed by atoms with van der Waals surface area (Å²) < 4.78 is 1.85. The molecule has 1 fully saturated rings. The van der Waals surface area contributed by atoms with Crippen LogP contribution in [-0.4, -0.2) is 39.4 Å². The van der Waals surface area contributed by atoms with E-state index < -0.39 is 5.91 Å². The molecule has 0 unspecified atom stereocenters. The van der Waals surface area contributed by atoms with Crippen LogP contribution in [0.1, 0.15) is 89.4 Å². The molecule has 2 aromatic carbocycles. The van der Waals surface area contributed by atoms with Crippen LogP contribution >= 0.6 is 11.3 Å². The van der Waals surface area contributed by atoms with Gasteiger partial charge in [0.2, 0.25) is 5.91 Å². The maximum Gasteiger partial charge on any atom is 0.265 e. The van der Waals surface area contributed by atoms with Gasteiger partial charge in [-0.05, 0) is 80.7 Å². The molecule has 1 saturated heterocycles. The van der Waals surface area contributed by atoms with Gasteiger partial charge in [0, 0.05) is 34.8 Å². The van der Waals surface area contributed by atoms with E-state index in [1.54, 1.807) is 12.1 Å². The Morgan fingerprint density at radius 3 is 2.18 bits per heavy atom. The van der Waals surface area contributed by atoms with E-state index in [0.717, 1.165) is 83.8 Å². The van der Waals surface area contributed by atoms with Crippen LogP contribution in [-0.2, 0) is 19.3 Å². The van der Waals surface area contributed by atoms with E-state index in [4.69, 9.17) is 10.7 Å². The predicted octanol–water partition coefficient (Wildman–Crippen LogP) is 6.98. The van der Waals surface area contributed by atoms with Gasteiger partial charge in [0.25, 0.3) is 11.5 Å². The number of rotatable bonds is 9. The first-order chi connectivity index (χ1) is 21.1. The molecule has 2 amide bonds. The molecule has 2 aromatic heterocycles. The van der Waals surface area contributed by atoms with Crippen LogP contribution < -0.4 is 11.3 Å². The van der Waals surface area contributed by atoms with Crippen LogP contribution in [0.15, 0.2) is 53.3 Å². The normalized spacial score (nSPS) is 13.5. The van der Waals surface area contributed by atoms with Crippen LogP contribution in [0.4, 0.5) is 0 Å². The third-order valence-corrected chi connectivity index (χ3v) is 9.44. The predicted molar refractivity (Wildman–Crippen MR) is 179 cm³/mol. The summed E-state index contributed by atoms with van der Waals surface area (Å²) >= 11 is 1.45. The van der Waals surface area contributed by atoms with Gasteiger partial charge in [-0.1, -0.05) is 58.0 Å². The minimum absolute atomic E-state index is 0.0158. The number of hydrogen-bond acceptors (Lipinski definition) is 5. The SMILES string of the molecule is CCc1cccc(CC)c1-n1c(CC(C)C)c(C(=O)N2CCCCC2)cc(-c2nc(-c3ccc(C(N)=O)cc3)c(C)s2)c1=O. The highest BCUT2D eigenvalue weighted by molar-refractivity contribution is 7.15. The van der Waals surface area contributed by atoms with E-state index in [2.05, 4.69) is 45.9 Å². The minimum atomic E-state index is -0.487. The number of nitrogens with zero attached hydrogens (tertiary/aromatic N) is 3. The van der Waals surface area contributed by atoms with Gasteiger partial charge in [-0.3, -0.25) is 19.0 Å². The number of aromatic nitrogens is 2. The van der Waals surface area contributed by atoms with Crippen molar-refractivity contribution >= 4 is 23.2 Å². The standard InChI is InChI=1S/C36H42N4O3S/c1-6-24-12-11-13-25(7-2)32(24)40-30(20-22(3)4)28(35(42)39-18-9-8-10-19-39)21-29(36(40)43)34-38-31(23(5)44-34)26-14-16-27(17-15-26)33(37)41/h11-17,21-22H,6-10,18-20H2,1-5H3,(H2,37,41). The zero-order valence-electron chi connectivity index (χ0n) is 26.4. The topological polar surface area (TPSA) is 98.3 Å². The van der Waals surface area contributed by atoms with Crippen molar-refractivity contribution in [2.75, 3.05) is 13.1 Å². The summed E-state index contributed by atoms with van der Waals surface area (Å²) in [5.74, 6) is -0.271. The van der Waals surface area contributed by atoms with Crippen molar-refractivity contribution in [1.29, 1.82) is 0 Å². The number of carbonyl (C=O) groups excluding carboxylic acids is 2. The molecule has 0 aliphatic carbocycles. The zero-order chi connectivity index (χ0) is 31.5.